The van der Waals surface area contributed by atoms with Crippen LogP contribution in [0.4, 0.5) is 4.79 Å². The lowest BCUT2D eigenvalue weighted by atomic mass is 9.90. The van der Waals surface area contributed by atoms with Crippen molar-refractivity contribution in [1.82, 2.24) is 10.4 Å². The Kier molecular flexibility index (Phi) is 7.39. The van der Waals surface area contributed by atoms with Crippen molar-refractivity contribution >= 4 is 18.0 Å². The quantitative estimate of drug-likeness (QED) is 0.467. The number of methoxy groups -OCH3 is 1. The van der Waals surface area contributed by atoms with Crippen molar-refractivity contribution in [3.8, 4) is 0 Å². The first-order chi connectivity index (χ1) is 13.2. The molecule has 0 bridgehead atoms. The van der Waals surface area contributed by atoms with E-state index in [9.17, 15) is 14.4 Å². The van der Waals surface area contributed by atoms with Crippen molar-refractivity contribution in [3.63, 3.8) is 0 Å². The van der Waals surface area contributed by atoms with Gasteiger partial charge in [-0.15, -0.1) is 5.48 Å². The zero-order valence-electron chi connectivity index (χ0n) is 16.8. The Bertz CT molecular complexity index is 678. The highest BCUT2D eigenvalue weighted by molar-refractivity contribution is 5.89. The third-order valence-electron chi connectivity index (χ3n) is 4.41. The predicted molar refractivity (Wildman–Crippen MR) is 101 cm³/mol. The van der Waals surface area contributed by atoms with Gasteiger partial charge in [-0.3, -0.25) is 4.79 Å². The average Bonchev–Trinajstić information content (AvgIpc) is 2.67. The van der Waals surface area contributed by atoms with Crippen LogP contribution in [-0.4, -0.2) is 54.8 Å². The number of ether oxygens (including phenoxy) is 2. The fourth-order valence-electron chi connectivity index (χ4n) is 2.96. The van der Waals surface area contributed by atoms with Crippen LogP contribution in [0.3, 0.4) is 0 Å². The zero-order valence-corrected chi connectivity index (χ0v) is 16.8. The summed E-state index contributed by atoms with van der Waals surface area (Å²) in [6.45, 7) is 6.34. The maximum absolute atomic E-state index is 12.2. The number of nitrogens with zero attached hydrogens (tertiary/aromatic N) is 1. The van der Waals surface area contributed by atoms with Crippen molar-refractivity contribution in [1.29, 1.82) is 0 Å². The molecule has 1 fully saturated rings. The second kappa shape index (κ2) is 9.54. The summed E-state index contributed by atoms with van der Waals surface area (Å²) >= 11 is 0. The molecule has 8 nitrogen and oxygen atoms in total. The summed E-state index contributed by atoms with van der Waals surface area (Å²) in [5, 5.41) is 0. The number of amides is 1. The number of carbonyl (C=O) groups is 3. The van der Waals surface area contributed by atoms with Crippen LogP contribution in [-0.2, 0) is 19.1 Å². The van der Waals surface area contributed by atoms with Gasteiger partial charge in [0.05, 0.1) is 12.7 Å². The largest absolute Gasteiger partial charge is 0.468 e. The third-order valence-corrected chi connectivity index (χ3v) is 4.41. The molecule has 0 saturated carbocycles. The lowest BCUT2D eigenvalue weighted by Gasteiger charge is -2.35. The molecule has 1 aliphatic heterocycles. The van der Waals surface area contributed by atoms with Gasteiger partial charge < -0.3 is 19.2 Å². The molecule has 0 spiro atoms. The minimum Gasteiger partial charge on any atom is -0.468 e. The molecule has 8 heteroatoms. The Labute approximate surface area is 165 Å². The molecule has 1 heterocycles. The first kappa shape index (κ1) is 21.7. The number of carbonyl (C=O) groups excluding carboxylic acids is 3. The van der Waals surface area contributed by atoms with Crippen LogP contribution in [0.2, 0.25) is 0 Å². The summed E-state index contributed by atoms with van der Waals surface area (Å²) in [6.07, 6.45) is 0.730. The molecule has 1 amide bonds. The molecular weight excluding hydrogens is 364 g/mol. The maximum atomic E-state index is 12.2. The highest BCUT2D eigenvalue weighted by Crippen LogP contribution is 2.23. The normalized spacial score (nSPS) is 16.2. The van der Waals surface area contributed by atoms with Crippen LogP contribution in [0.25, 0.3) is 0 Å². The fraction of sp³-hybridized carbons (Fsp3) is 0.550. The second-order valence-electron chi connectivity index (χ2n) is 7.68. The van der Waals surface area contributed by atoms with Gasteiger partial charge in [0.2, 0.25) is 0 Å². The van der Waals surface area contributed by atoms with Crippen molar-refractivity contribution in [2.75, 3.05) is 20.2 Å². The molecule has 1 unspecified atom stereocenters. The molecule has 0 aromatic heterocycles. The minimum absolute atomic E-state index is 0.144. The number of hydrogen-bond acceptors (Lipinski definition) is 7. The number of rotatable bonds is 5. The summed E-state index contributed by atoms with van der Waals surface area (Å²) in [4.78, 5) is 43.2. The van der Waals surface area contributed by atoms with Crippen LogP contribution in [0, 0.1) is 5.92 Å². The number of esters is 1. The Morgan fingerprint density at radius 2 is 1.71 bits per heavy atom. The molecule has 1 atom stereocenters. The van der Waals surface area contributed by atoms with Gasteiger partial charge in [-0.05, 0) is 51.7 Å². The Morgan fingerprint density at radius 1 is 1.11 bits per heavy atom. The van der Waals surface area contributed by atoms with Gasteiger partial charge >= 0.3 is 18.0 Å². The van der Waals surface area contributed by atoms with Crippen LogP contribution in [0.15, 0.2) is 30.3 Å². The molecule has 1 N–H and O–H groups in total. The molecule has 1 aromatic rings. The monoisotopic (exact) mass is 392 g/mol. The Balaban J connectivity index is 1.93. The number of piperidine rings is 1. The van der Waals surface area contributed by atoms with Crippen molar-refractivity contribution in [2.45, 2.75) is 45.3 Å². The van der Waals surface area contributed by atoms with Gasteiger partial charge in [0.1, 0.15) is 11.6 Å². The predicted octanol–water partition coefficient (Wildman–Crippen LogP) is 2.54. The van der Waals surface area contributed by atoms with Crippen molar-refractivity contribution in [2.24, 2.45) is 5.92 Å². The van der Waals surface area contributed by atoms with Gasteiger partial charge in [-0.2, -0.15) is 0 Å². The SMILES string of the molecule is COC(=O)C(NOC(=O)c1ccccc1)C1CCN(C(=O)OC(C)(C)C)CC1. The topological polar surface area (TPSA) is 94.2 Å². The number of benzene rings is 1. The van der Waals surface area contributed by atoms with Crippen molar-refractivity contribution in [3.05, 3.63) is 35.9 Å². The summed E-state index contributed by atoms with van der Waals surface area (Å²) in [5.41, 5.74) is 2.38. The first-order valence-electron chi connectivity index (χ1n) is 9.29. The van der Waals surface area contributed by atoms with Gasteiger partial charge in [-0.1, -0.05) is 18.2 Å². The maximum Gasteiger partial charge on any atom is 0.410 e. The van der Waals surface area contributed by atoms with E-state index in [1.807, 2.05) is 20.8 Å². The Hall–Kier alpha value is -2.61. The van der Waals surface area contributed by atoms with E-state index in [0.717, 1.165) is 0 Å². The van der Waals surface area contributed by atoms with Gasteiger partial charge in [0.15, 0.2) is 0 Å². The van der Waals surface area contributed by atoms with E-state index >= 15 is 0 Å². The summed E-state index contributed by atoms with van der Waals surface area (Å²) < 4.78 is 10.2. The smallest absolute Gasteiger partial charge is 0.410 e. The lowest BCUT2D eigenvalue weighted by molar-refractivity contribution is -0.148. The number of hydroxylamine groups is 1. The summed E-state index contributed by atoms with van der Waals surface area (Å²) in [7, 11) is 1.28. The minimum atomic E-state index is -0.807. The zero-order chi connectivity index (χ0) is 20.7. The molecule has 0 aliphatic carbocycles. The lowest BCUT2D eigenvalue weighted by Crippen LogP contribution is -2.50. The molecule has 1 aromatic carbocycles. The average molecular weight is 392 g/mol. The third kappa shape index (κ3) is 6.23. The molecule has 0 radical (unpaired) electrons. The van der Waals surface area contributed by atoms with Gasteiger partial charge in [0.25, 0.3) is 0 Å². The highest BCUT2D eigenvalue weighted by Gasteiger charge is 2.35. The summed E-state index contributed by atoms with van der Waals surface area (Å²) in [6, 6.07) is 7.67. The summed E-state index contributed by atoms with van der Waals surface area (Å²) in [5.74, 6) is -1.24. The molecule has 2 rings (SSSR count). The molecule has 1 aliphatic rings. The van der Waals surface area contributed by atoms with E-state index in [0.29, 0.717) is 31.5 Å². The standard InChI is InChI=1S/C20H28N2O6/c1-20(2,3)27-19(25)22-12-10-14(11-13-22)16(18(24)26-4)21-28-17(23)15-8-6-5-7-9-15/h5-9,14,16,21H,10-13H2,1-4H3. The van der Waals surface area contributed by atoms with Crippen LogP contribution in [0.1, 0.15) is 44.0 Å². The van der Waals surface area contributed by atoms with Gasteiger partial charge in [-0.25, -0.2) is 9.59 Å². The number of hydrogen-bond donors (Lipinski definition) is 1. The number of nitrogens with one attached hydrogen (secondary N) is 1. The molecule has 154 valence electrons. The number of likely N-dealkylation sites (tertiary alicyclic amines) is 1. The second-order valence-corrected chi connectivity index (χ2v) is 7.68. The molecule has 28 heavy (non-hydrogen) atoms. The highest BCUT2D eigenvalue weighted by atomic mass is 16.7. The van der Waals surface area contributed by atoms with E-state index in [2.05, 4.69) is 5.48 Å². The molecular formula is C20H28N2O6. The Morgan fingerprint density at radius 3 is 2.25 bits per heavy atom. The van der Waals surface area contributed by atoms with E-state index in [-0.39, 0.29) is 12.0 Å². The first-order valence-corrected chi connectivity index (χ1v) is 9.29. The van der Waals surface area contributed by atoms with E-state index < -0.39 is 23.6 Å². The van der Waals surface area contributed by atoms with Crippen LogP contribution >= 0.6 is 0 Å². The van der Waals surface area contributed by atoms with E-state index in [1.165, 1.54) is 7.11 Å². The van der Waals surface area contributed by atoms with E-state index in [4.69, 9.17) is 14.3 Å². The van der Waals surface area contributed by atoms with Gasteiger partial charge in [0, 0.05) is 13.1 Å². The van der Waals surface area contributed by atoms with E-state index in [1.54, 1.807) is 35.2 Å². The fourth-order valence-corrected chi connectivity index (χ4v) is 2.96. The van der Waals surface area contributed by atoms with Crippen molar-refractivity contribution < 1.29 is 28.7 Å². The molecule has 1 saturated heterocycles. The van der Waals surface area contributed by atoms with Crippen LogP contribution < -0.4 is 5.48 Å². The van der Waals surface area contributed by atoms with Crippen LogP contribution in [0.5, 0.6) is 0 Å².